The first-order valence-corrected chi connectivity index (χ1v) is 1.81. The van der Waals surface area contributed by atoms with Crippen molar-refractivity contribution in [3.63, 3.8) is 0 Å². The standard InChI is InChI=1S/C3H5NOS/c1-3(2)4(5)6/h1H2,2H3. The number of nitrogens with zero attached hydrogens (tertiary/aromatic N) is 1. The van der Waals surface area contributed by atoms with Gasteiger partial charge < -0.3 is 12.8 Å². The molecule has 0 unspecified atom stereocenters. The van der Waals surface area contributed by atoms with E-state index in [0.717, 1.165) is 0 Å². The number of hydrogen-bond donors (Lipinski definition) is 0. The summed E-state index contributed by atoms with van der Waals surface area (Å²) in [5, 5.41) is 0. The van der Waals surface area contributed by atoms with Crippen LogP contribution >= 0.6 is 0 Å². The van der Waals surface area contributed by atoms with Gasteiger partial charge in [-0.1, -0.05) is 4.17 Å². The number of hydrogen-bond acceptors (Lipinski definition) is 2. The highest BCUT2D eigenvalue weighted by atomic mass is 32.1. The first-order chi connectivity index (χ1) is 2.64. The van der Waals surface area contributed by atoms with Gasteiger partial charge in [0.1, 0.15) is 0 Å². The minimum Gasteiger partial charge on any atom is -0.365 e. The van der Waals surface area contributed by atoms with Crippen LogP contribution in [-0.2, 0) is 12.8 Å². The van der Waals surface area contributed by atoms with Gasteiger partial charge in [-0.2, -0.15) is 0 Å². The third-order valence-electron chi connectivity index (χ3n) is 0.312. The van der Waals surface area contributed by atoms with Crippen LogP contribution in [0.2, 0.25) is 0 Å². The lowest BCUT2D eigenvalue weighted by Gasteiger charge is -1.83. The van der Waals surface area contributed by atoms with Crippen molar-refractivity contribution in [1.29, 1.82) is 0 Å². The molecule has 0 bridgehead atoms. The van der Waals surface area contributed by atoms with Crippen molar-refractivity contribution >= 4 is 12.8 Å². The van der Waals surface area contributed by atoms with E-state index in [0.29, 0.717) is 9.86 Å². The van der Waals surface area contributed by atoms with E-state index in [1.54, 1.807) is 6.92 Å². The Morgan fingerprint density at radius 3 is 2.17 bits per heavy atom. The van der Waals surface area contributed by atoms with Crippen LogP contribution in [-0.4, -0.2) is 4.17 Å². The molecular weight excluding hydrogens is 98.1 g/mol. The number of nitroso groups, excluding NO2 is 1. The summed E-state index contributed by atoms with van der Waals surface area (Å²) in [5.74, 6) is 0. The van der Waals surface area contributed by atoms with Crippen molar-refractivity contribution in [2.75, 3.05) is 0 Å². The fourth-order valence-electron chi connectivity index (χ4n) is 0. The van der Waals surface area contributed by atoms with Crippen LogP contribution in [0.15, 0.2) is 12.3 Å². The van der Waals surface area contributed by atoms with Crippen molar-refractivity contribution in [1.82, 2.24) is 0 Å². The zero-order valence-electron chi connectivity index (χ0n) is 3.47. The number of allylic oxidation sites excluding steroid dienone is 1. The van der Waals surface area contributed by atoms with E-state index in [9.17, 15) is 4.91 Å². The van der Waals surface area contributed by atoms with Crippen LogP contribution in [0.5, 0.6) is 0 Å². The Labute approximate surface area is 42.0 Å². The SMILES string of the molecule is C=C(C)[N+](=O)[S-]. The molecule has 0 aromatic rings. The lowest BCUT2D eigenvalue weighted by Crippen LogP contribution is -1.89. The van der Waals surface area contributed by atoms with Gasteiger partial charge in [0.25, 0.3) is 0 Å². The molecule has 0 aliphatic carbocycles. The van der Waals surface area contributed by atoms with Crippen molar-refractivity contribution in [2.45, 2.75) is 6.92 Å². The molecular formula is C3H5NOS. The van der Waals surface area contributed by atoms with Crippen LogP contribution in [0, 0.1) is 4.91 Å². The summed E-state index contributed by atoms with van der Waals surface area (Å²) in [6.45, 7) is 4.82. The predicted molar refractivity (Wildman–Crippen MR) is 25.8 cm³/mol. The van der Waals surface area contributed by atoms with Crippen LogP contribution < -0.4 is 0 Å². The number of rotatable bonds is 1. The second-order valence-electron chi connectivity index (χ2n) is 0.992. The topological polar surface area (TPSA) is 20.1 Å². The van der Waals surface area contributed by atoms with Gasteiger partial charge in [-0.25, -0.2) is 0 Å². The molecule has 0 aliphatic heterocycles. The minimum absolute atomic E-state index is 0.306. The first kappa shape index (κ1) is 5.56. The molecule has 0 aliphatic rings. The van der Waals surface area contributed by atoms with Gasteiger partial charge in [0.15, 0.2) is 0 Å². The molecule has 0 spiro atoms. The van der Waals surface area contributed by atoms with Crippen molar-refractivity contribution in [3.05, 3.63) is 17.2 Å². The van der Waals surface area contributed by atoms with E-state index in [1.807, 2.05) is 0 Å². The van der Waals surface area contributed by atoms with E-state index < -0.39 is 0 Å². The molecule has 0 aromatic carbocycles. The summed E-state index contributed by atoms with van der Waals surface area (Å²) in [4.78, 5) is 9.78. The monoisotopic (exact) mass is 103 g/mol. The van der Waals surface area contributed by atoms with Crippen LogP contribution in [0.1, 0.15) is 6.92 Å². The second-order valence-corrected chi connectivity index (χ2v) is 1.32. The summed E-state index contributed by atoms with van der Waals surface area (Å²) in [5.41, 5.74) is 0.352. The molecule has 6 heavy (non-hydrogen) atoms. The molecule has 0 fully saturated rings. The molecule has 0 atom stereocenters. The zero-order chi connectivity index (χ0) is 5.15. The highest BCUT2D eigenvalue weighted by Gasteiger charge is 1.85. The maximum absolute atomic E-state index is 9.78. The zero-order valence-corrected chi connectivity index (χ0v) is 4.29. The third kappa shape index (κ3) is 1.84. The quantitative estimate of drug-likeness (QED) is 0.360. The van der Waals surface area contributed by atoms with E-state index in [-0.39, 0.29) is 0 Å². The van der Waals surface area contributed by atoms with Crippen molar-refractivity contribution in [3.8, 4) is 0 Å². The molecule has 0 aromatic heterocycles. The Kier molecular flexibility index (Phi) is 1.73. The van der Waals surface area contributed by atoms with Gasteiger partial charge in [-0.05, 0) is 6.58 Å². The highest BCUT2D eigenvalue weighted by Crippen LogP contribution is 1.82. The van der Waals surface area contributed by atoms with Crippen LogP contribution in [0.25, 0.3) is 0 Å². The highest BCUT2D eigenvalue weighted by molar-refractivity contribution is 7.51. The Morgan fingerprint density at radius 1 is 2.00 bits per heavy atom. The second kappa shape index (κ2) is 1.87. The van der Waals surface area contributed by atoms with Crippen LogP contribution in [0.4, 0.5) is 0 Å². The molecule has 0 N–H and O–H groups in total. The Bertz CT molecular complexity index is 76.8. The molecule has 2 nitrogen and oxygen atoms in total. The fraction of sp³-hybridized carbons (Fsp3) is 0.333. The Morgan fingerprint density at radius 2 is 2.17 bits per heavy atom. The molecule has 0 heterocycles. The molecule has 0 rings (SSSR count). The normalized spacial score (nSPS) is 7.50. The Balaban J connectivity index is 3.57. The maximum Gasteiger partial charge on any atom is 0.204 e. The van der Waals surface area contributed by atoms with E-state index in [1.165, 1.54) is 0 Å². The minimum atomic E-state index is 0.306. The fourth-order valence-corrected chi connectivity index (χ4v) is 0. The van der Waals surface area contributed by atoms with E-state index in [2.05, 4.69) is 19.4 Å². The van der Waals surface area contributed by atoms with E-state index >= 15 is 0 Å². The van der Waals surface area contributed by atoms with Gasteiger partial charge in [0.05, 0.1) is 0 Å². The molecule has 0 radical (unpaired) electrons. The summed E-state index contributed by atoms with van der Waals surface area (Å²) in [6.07, 6.45) is 0. The first-order valence-electron chi connectivity index (χ1n) is 1.44. The lowest BCUT2D eigenvalue weighted by molar-refractivity contribution is -0.306. The third-order valence-corrected chi connectivity index (χ3v) is 0.623. The average Bonchev–Trinajstić information content (AvgIpc) is 1.36. The van der Waals surface area contributed by atoms with Gasteiger partial charge in [-0.3, -0.25) is 0 Å². The maximum atomic E-state index is 9.78. The lowest BCUT2D eigenvalue weighted by atomic mass is 10.6. The summed E-state index contributed by atoms with van der Waals surface area (Å²) >= 11 is 4.08. The van der Waals surface area contributed by atoms with Gasteiger partial charge >= 0.3 is 0 Å². The summed E-state index contributed by atoms with van der Waals surface area (Å²) in [7, 11) is 0. The summed E-state index contributed by atoms with van der Waals surface area (Å²) < 4.78 is 0.306. The van der Waals surface area contributed by atoms with Gasteiger partial charge in [0.2, 0.25) is 5.70 Å². The van der Waals surface area contributed by atoms with Crippen molar-refractivity contribution < 1.29 is 4.17 Å². The van der Waals surface area contributed by atoms with Gasteiger partial charge in [-0.15, -0.1) is 0 Å². The largest absolute Gasteiger partial charge is 0.365 e. The van der Waals surface area contributed by atoms with Crippen LogP contribution in [0.3, 0.4) is 0 Å². The Hall–Kier alpha value is -0.440. The summed E-state index contributed by atoms with van der Waals surface area (Å²) in [6, 6.07) is 0. The molecule has 3 heteroatoms. The molecule has 0 amide bonds. The molecule has 0 saturated carbocycles. The van der Waals surface area contributed by atoms with E-state index in [4.69, 9.17) is 0 Å². The average molecular weight is 103 g/mol. The smallest absolute Gasteiger partial charge is 0.204 e. The van der Waals surface area contributed by atoms with Crippen molar-refractivity contribution in [2.24, 2.45) is 0 Å². The van der Waals surface area contributed by atoms with Gasteiger partial charge in [0, 0.05) is 11.8 Å². The molecule has 0 saturated heterocycles. The predicted octanol–water partition coefficient (Wildman–Crippen LogP) is 0.761. The molecule has 34 valence electrons.